The number of nitro benzene ring substituents is 2. The van der Waals surface area contributed by atoms with Gasteiger partial charge in [-0.15, -0.1) is 20.4 Å². The first-order valence-corrected chi connectivity index (χ1v) is 11.3. The highest BCUT2D eigenvalue weighted by Gasteiger charge is 2.19. The van der Waals surface area contributed by atoms with E-state index < -0.39 is 9.85 Å². The third kappa shape index (κ3) is 4.46. The number of para-hydroxylation sites is 2. The summed E-state index contributed by atoms with van der Waals surface area (Å²) in [6, 6.07) is 12.8. The zero-order chi connectivity index (χ0) is 21.1. The Morgan fingerprint density at radius 3 is 1.47 bits per heavy atom. The van der Waals surface area contributed by atoms with E-state index in [9.17, 15) is 20.2 Å². The third-order valence-corrected chi connectivity index (χ3v) is 7.74. The van der Waals surface area contributed by atoms with E-state index in [4.69, 9.17) is 0 Å². The van der Waals surface area contributed by atoms with Gasteiger partial charge in [-0.1, -0.05) is 70.5 Å². The van der Waals surface area contributed by atoms with Crippen LogP contribution in [0, 0.1) is 20.2 Å². The van der Waals surface area contributed by atoms with Gasteiger partial charge in [0, 0.05) is 12.1 Å². The lowest BCUT2D eigenvalue weighted by atomic mass is 10.3. The zero-order valence-electron chi connectivity index (χ0n) is 14.6. The Morgan fingerprint density at radius 1 is 0.667 bits per heavy atom. The van der Waals surface area contributed by atoms with Gasteiger partial charge in [-0.05, 0) is 12.1 Å². The van der Waals surface area contributed by atoms with Crippen LogP contribution in [-0.4, -0.2) is 30.2 Å². The summed E-state index contributed by atoms with van der Waals surface area (Å²) in [6.07, 6.45) is 0. The Balaban J connectivity index is 1.53. The number of hydrogen-bond acceptors (Lipinski definition) is 12. The molecule has 0 radical (unpaired) electrons. The molecular weight excluding hydrogens is 468 g/mol. The highest BCUT2D eigenvalue weighted by molar-refractivity contribution is 8.01. The second-order valence-corrected chi connectivity index (χ2v) is 9.93. The van der Waals surface area contributed by atoms with Crippen LogP contribution in [-0.2, 0) is 0 Å². The molecule has 30 heavy (non-hydrogen) atoms. The van der Waals surface area contributed by atoms with Crippen molar-refractivity contribution in [3.8, 4) is 10.0 Å². The lowest BCUT2D eigenvalue weighted by molar-refractivity contribution is -0.387. The summed E-state index contributed by atoms with van der Waals surface area (Å²) < 4.78 is 1.06. The molecule has 2 aromatic heterocycles. The fraction of sp³-hybridized carbons (Fsp3) is 0. The van der Waals surface area contributed by atoms with Gasteiger partial charge in [0.05, 0.1) is 19.6 Å². The molecule has 0 aliphatic carbocycles. The average Bonchev–Trinajstić information content (AvgIpc) is 3.38. The van der Waals surface area contributed by atoms with Gasteiger partial charge in [0.1, 0.15) is 0 Å². The van der Waals surface area contributed by atoms with Crippen LogP contribution in [0.15, 0.2) is 67.0 Å². The number of nitrogens with zero attached hydrogens (tertiary/aromatic N) is 6. The summed E-state index contributed by atoms with van der Waals surface area (Å²) in [4.78, 5) is 22.4. The van der Waals surface area contributed by atoms with Gasteiger partial charge in [0.15, 0.2) is 18.7 Å². The van der Waals surface area contributed by atoms with E-state index in [0.717, 1.165) is 23.5 Å². The standard InChI is InChI=1S/C16H8N6O4S4/c23-21(24)9-5-1-3-7-11(9)27-15-19-17-13(29-15)14-18-20-16(30-14)28-12-8-4-2-6-10(12)22(25)26/h1-8H. The Kier molecular flexibility index (Phi) is 5.98. The monoisotopic (exact) mass is 476 g/mol. The second-order valence-electron chi connectivity index (χ2n) is 5.40. The van der Waals surface area contributed by atoms with Crippen LogP contribution < -0.4 is 0 Å². The van der Waals surface area contributed by atoms with Gasteiger partial charge in [-0.2, -0.15) is 0 Å². The van der Waals surface area contributed by atoms with Crippen molar-refractivity contribution in [1.82, 2.24) is 20.4 Å². The van der Waals surface area contributed by atoms with Gasteiger partial charge in [-0.25, -0.2) is 0 Å². The van der Waals surface area contributed by atoms with E-state index in [1.165, 1.54) is 34.8 Å². The minimum Gasteiger partial charge on any atom is -0.258 e. The lowest BCUT2D eigenvalue weighted by Gasteiger charge is -1.98. The predicted octanol–water partition coefficient (Wildman–Crippen LogP) is 5.18. The molecule has 0 amide bonds. The summed E-state index contributed by atoms with van der Waals surface area (Å²) in [7, 11) is 0. The van der Waals surface area contributed by atoms with Crippen molar-refractivity contribution in [3.05, 3.63) is 68.8 Å². The van der Waals surface area contributed by atoms with Crippen molar-refractivity contribution in [2.75, 3.05) is 0 Å². The van der Waals surface area contributed by atoms with E-state index in [2.05, 4.69) is 20.4 Å². The van der Waals surface area contributed by atoms with Crippen LogP contribution in [0.25, 0.3) is 10.0 Å². The van der Waals surface area contributed by atoms with E-state index >= 15 is 0 Å². The van der Waals surface area contributed by atoms with Crippen molar-refractivity contribution in [3.63, 3.8) is 0 Å². The number of benzene rings is 2. The maximum absolute atomic E-state index is 11.2. The highest BCUT2D eigenvalue weighted by Crippen LogP contribution is 2.41. The molecule has 150 valence electrons. The van der Waals surface area contributed by atoms with Crippen LogP contribution in [0.4, 0.5) is 11.4 Å². The smallest absolute Gasteiger partial charge is 0.258 e. The molecule has 10 nitrogen and oxygen atoms in total. The van der Waals surface area contributed by atoms with E-state index in [1.54, 1.807) is 36.4 Å². The number of aromatic nitrogens is 4. The molecule has 0 spiro atoms. The number of rotatable bonds is 7. The Bertz CT molecular complexity index is 1150. The summed E-state index contributed by atoms with van der Waals surface area (Å²) in [5, 5.41) is 39.7. The van der Waals surface area contributed by atoms with Gasteiger partial charge < -0.3 is 0 Å². The largest absolute Gasteiger partial charge is 0.283 e. The van der Waals surface area contributed by atoms with Crippen LogP contribution in [0.5, 0.6) is 0 Å². The maximum atomic E-state index is 11.2. The van der Waals surface area contributed by atoms with Crippen LogP contribution in [0.3, 0.4) is 0 Å². The van der Waals surface area contributed by atoms with E-state index in [1.807, 2.05) is 0 Å². The quantitative estimate of drug-likeness (QED) is 0.259. The zero-order valence-corrected chi connectivity index (χ0v) is 17.8. The topological polar surface area (TPSA) is 138 Å². The first-order chi connectivity index (χ1) is 14.5. The summed E-state index contributed by atoms with van der Waals surface area (Å²) in [6.45, 7) is 0. The minimum absolute atomic E-state index is 0.00157. The SMILES string of the molecule is O=[N+]([O-])c1ccccc1Sc1nnc(-c2nnc(Sc3ccccc3[N+](=O)[O-])s2)s1. The predicted molar refractivity (Wildman–Crippen MR) is 113 cm³/mol. The molecule has 0 saturated carbocycles. The molecule has 0 aliphatic heterocycles. The molecule has 0 fully saturated rings. The number of nitro groups is 2. The summed E-state index contributed by atoms with van der Waals surface area (Å²) in [5.74, 6) is 0. The Hall–Kier alpha value is -2.94. The molecule has 0 unspecified atom stereocenters. The summed E-state index contributed by atoms with van der Waals surface area (Å²) >= 11 is 4.78. The van der Waals surface area contributed by atoms with Crippen LogP contribution in [0.2, 0.25) is 0 Å². The molecule has 0 aliphatic rings. The first-order valence-electron chi connectivity index (χ1n) is 8.01. The maximum Gasteiger partial charge on any atom is 0.283 e. The number of hydrogen-bond donors (Lipinski definition) is 0. The lowest BCUT2D eigenvalue weighted by Crippen LogP contribution is -1.89. The van der Waals surface area contributed by atoms with Crippen molar-refractivity contribution in [2.45, 2.75) is 18.5 Å². The Labute approximate surface area is 184 Å². The molecule has 0 saturated heterocycles. The van der Waals surface area contributed by atoms with Crippen molar-refractivity contribution >= 4 is 57.6 Å². The molecule has 14 heteroatoms. The molecule has 0 N–H and O–H groups in total. The van der Waals surface area contributed by atoms with Crippen LogP contribution in [0.1, 0.15) is 0 Å². The normalized spacial score (nSPS) is 10.8. The van der Waals surface area contributed by atoms with E-state index in [0.29, 0.717) is 28.5 Å². The first kappa shape index (κ1) is 20.3. The molecule has 4 aromatic rings. The van der Waals surface area contributed by atoms with Gasteiger partial charge in [0.25, 0.3) is 11.4 Å². The molecule has 0 atom stereocenters. The fourth-order valence-corrected chi connectivity index (χ4v) is 6.09. The van der Waals surface area contributed by atoms with Gasteiger partial charge in [0.2, 0.25) is 0 Å². The highest BCUT2D eigenvalue weighted by atomic mass is 32.2. The minimum atomic E-state index is -0.443. The van der Waals surface area contributed by atoms with Gasteiger partial charge in [-0.3, -0.25) is 20.2 Å². The average molecular weight is 477 g/mol. The molecule has 2 aromatic carbocycles. The van der Waals surface area contributed by atoms with Crippen molar-refractivity contribution < 1.29 is 9.85 Å². The van der Waals surface area contributed by atoms with Gasteiger partial charge >= 0.3 is 0 Å². The molecular formula is C16H8N6O4S4. The molecule has 4 rings (SSSR count). The van der Waals surface area contributed by atoms with Crippen molar-refractivity contribution in [1.29, 1.82) is 0 Å². The third-order valence-electron chi connectivity index (χ3n) is 3.51. The summed E-state index contributed by atoms with van der Waals surface area (Å²) in [5.41, 5.74) is -0.00314. The van der Waals surface area contributed by atoms with Crippen molar-refractivity contribution in [2.24, 2.45) is 0 Å². The molecule has 2 heterocycles. The fourth-order valence-electron chi connectivity index (χ4n) is 2.25. The molecule has 0 bridgehead atoms. The second kappa shape index (κ2) is 8.83. The van der Waals surface area contributed by atoms with Crippen LogP contribution >= 0.6 is 46.2 Å². The van der Waals surface area contributed by atoms with E-state index in [-0.39, 0.29) is 11.4 Å². The Morgan fingerprint density at radius 2 is 1.07 bits per heavy atom.